The zero-order valence-electron chi connectivity index (χ0n) is 17.4. The van der Waals surface area contributed by atoms with E-state index < -0.39 is 0 Å². The Labute approximate surface area is 164 Å². The van der Waals surface area contributed by atoms with Gasteiger partial charge in [0.2, 0.25) is 5.91 Å². The van der Waals surface area contributed by atoms with E-state index in [1.807, 2.05) is 12.1 Å². The molecule has 1 saturated heterocycles. The zero-order chi connectivity index (χ0) is 19.6. The summed E-state index contributed by atoms with van der Waals surface area (Å²) in [4.78, 5) is 17.1. The van der Waals surface area contributed by atoms with Crippen molar-refractivity contribution in [2.75, 3.05) is 47.0 Å². The molecule has 1 aromatic rings. The molecule has 2 rings (SSSR count). The molecule has 1 fully saturated rings. The number of ether oxygens (including phenoxy) is 2. The van der Waals surface area contributed by atoms with Crippen molar-refractivity contribution >= 4 is 5.91 Å². The highest BCUT2D eigenvalue weighted by Crippen LogP contribution is 2.24. The third-order valence-electron chi connectivity index (χ3n) is 5.23. The van der Waals surface area contributed by atoms with Gasteiger partial charge in [-0.05, 0) is 43.8 Å². The van der Waals surface area contributed by atoms with Gasteiger partial charge in [-0.3, -0.25) is 9.69 Å². The van der Waals surface area contributed by atoms with Crippen LogP contribution < -0.4 is 4.74 Å². The number of carbonyl (C=O) groups excluding carboxylic acids is 1. The highest BCUT2D eigenvalue weighted by Gasteiger charge is 2.24. The number of carbonyl (C=O) groups is 1. The molecule has 0 aliphatic carbocycles. The molecule has 0 saturated carbocycles. The van der Waals surface area contributed by atoms with E-state index in [4.69, 9.17) is 9.47 Å². The molecule has 0 N–H and O–H groups in total. The molecule has 0 atom stereocenters. The SMILES string of the molecule is COCCC(=O)N(CC(C)C)CC1CCN(Cc2ccccc2OC)CC1. The topological polar surface area (TPSA) is 42.0 Å². The Kier molecular flexibility index (Phi) is 9.08. The second kappa shape index (κ2) is 11.3. The molecule has 27 heavy (non-hydrogen) atoms. The van der Waals surface area contributed by atoms with E-state index in [9.17, 15) is 4.79 Å². The van der Waals surface area contributed by atoms with E-state index in [0.717, 1.165) is 51.3 Å². The van der Waals surface area contributed by atoms with E-state index in [2.05, 4.69) is 35.8 Å². The molecule has 1 aliphatic heterocycles. The maximum Gasteiger partial charge on any atom is 0.224 e. The largest absolute Gasteiger partial charge is 0.496 e. The first-order valence-corrected chi connectivity index (χ1v) is 10.1. The quantitative estimate of drug-likeness (QED) is 0.627. The minimum Gasteiger partial charge on any atom is -0.496 e. The van der Waals surface area contributed by atoms with E-state index in [0.29, 0.717) is 24.9 Å². The highest BCUT2D eigenvalue weighted by molar-refractivity contribution is 5.76. The summed E-state index contributed by atoms with van der Waals surface area (Å²) in [5, 5.41) is 0. The lowest BCUT2D eigenvalue weighted by molar-refractivity contribution is -0.133. The molecule has 152 valence electrons. The zero-order valence-corrected chi connectivity index (χ0v) is 17.4. The minimum atomic E-state index is 0.224. The van der Waals surface area contributed by atoms with E-state index in [1.54, 1.807) is 14.2 Å². The molecule has 0 radical (unpaired) electrons. The molecule has 1 amide bonds. The molecular formula is C22H36N2O3. The van der Waals surface area contributed by atoms with Crippen LogP contribution in [-0.2, 0) is 16.1 Å². The number of benzene rings is 1. The van der Waals surface area contributed by atoms with Crippen molar-refractivity contribution in [2.24, 2.45) is 11.8 Å². The maximum absolute atomic E-state index is 12.5. The number of methoxy groups -OCH3 is 2. The van der Waals surface area contributed by atoms with Gasteiger partial charge < -0.3 is 14.4 Å². The molecule has 0 spiro atoms. The lowest BCUT2D eigenvalue weighted by Crippen LogP contribution is -2.42. The first-order chi connectivity index (χ1) is 13.0. The van der Waals surface area contributed by atoms with Crippen LogP contribution >= 0.6 is 0 Å². The highest BCUT2D eigenvalue weighted by atomic mass is 16.5. The van der Waals surface area contributed by atoms with Gasteiger partial charge in [-0.1, -0.05) is 32.0 Å². The van der Waals surface area contributed by atoms with Crippen LogP contribution in [0.2, 0.25) is 0 Å². The third-order valence-corrected chi connectivity index (χ3v) is 5.23. The summed E-state index contributed by atoms with van der Waals surface area (Å²) in [7, 11) is 3.38. The minimum absolute atomic E-state index is 0.224. The van der Waals surface area contributed by atoms with Crippen LogP contribution in [0.3, 0.4) is 0 Å². The molecular weight excluding hydrogens is 340 g/mol. The smallest absolute Gasteiger partial charge is 0.224 e. The van der Waals surface area contributed by atoms with Gasteiger partial charge in [-0.25, -0.2) is 0 Å². The Morgan fingerprint density at radius 1 is 1.22 bits per heavy atom. The van der Waals surface area contributed by atoms with Crippen molar-refractivity contribution in [1.29, 1.82) is 0 Å². The van der Waals surface area contributed by atoms with E-state index in [-0.39, 0.29) is 5.91 Å². The normalized spacial score (nSPS) is 15.9. The first-order valence-electron chi connectivity index (χ1n) is 10.1. The Morgan fingerprint density at radius 2 is 1.93 bits per heavy atom. The number of amides is 1. The van der Waals surface area contributed by atoms with Gasteiger partial charge in [0.1, 0.15) is 5.75 Å². The number of likely N-dealkylation sites (tertiary alicyclic amines) is 1. The van der Waals surface area contributed by atoms with Crippen molar-refractivity contribution < 1.29 is 14.3 Å². The number of rotatable bonds is 10. The fourth-order valence-corrected chi connectivity index (χ4v) is 3.78. The van der Waals surface area contributed by atoms with E-state index in [1.165, 1.54) is 5.56 Å². The predicted molar refractivity (Wildman–Crippen MR) is 109 cm³/mol. The van der Waals surface area contributed by atoms with Gasteiger partial charge in [-0.2, -0.15) is 0 Å². The number of nitrogens with zero attached hydrogens (tertiary/aromatic N) is 2. The summed E-state index contributed by atoms with van der Waals surface area (Å²) in [5.41, 5.74) is 1.25. The molecule has 1 aromatic carbocycles. The van der Waals surface area contributed by atoms with Gasteiger partial charge in [-0.15, -0.1) is 0 Å². The van der Waals surface area contributed by atoms with Crippen LogP contribution in [0.15, 0.2) is 24.3 Å². The Bertz CT molecular complexity index is 568. The summed E-state index contributed by atoms with van der Waals surface area (Å²) in [6, 6.07) is 8.25. The van der Waals surface area contributed by atoms with Crippen molar-refractivity contribution in [3.8, 4) is 5.75 Å². The Balaban J connectivity index is 1.84. The van der Waals surface area contributed by atoms with Crippen molar-refractivity contribution in [3.63, 3.8) is 0 Å². The van der Waals surface area contributed by atoms with Crippen LogP contribution in [0.1, 0.15) is 38.7 Å². The fraction of sp³-hybridized carbons (Fsp3) is 0.682. The first kappa shape index (κ1) is 21.7. The molecule has 1 aliphatic rings. The van der Waals surface area contributed by atoms with Gasteiger partial charge in [0.25, 0.3) is 0 Å². The molecule has 1 heterocycles. The fourth-order valence-electron chi connectivity index (χ4n) is 3.78. The van der Waals surface area contributed by atoms with Gasteiger partial charge >= 0.3 is 0 Å². The van der Waals surface area contributed by atoms with Gasteiger partial charge in [0.15, 0.2) is 0 Å². The van der Waals surface area contributed by atoms with Gasteiger partial charge in [0.05, 0.1) is 20.1 Å². The molecule has 0 bridgehead atoms. The van der Waals surface area contributed by atoms with Crippen molar-refractivity contribution in [3.05, 3.63) is 29.8 Å². The molecule has 0 aromatic heterocycles. The summed E-state index contributed by atoms with van der Waals surface area (Å²) in [6.07, 6.45) is 2.76. The summed E-state index contributed by atoms with van der Waals surface area (Å²) in [6.45, 7) is 9.64. The maximum atomic E-state index is 12.5. The second-order valence-corrected chi connectivity index (χ2v) is 7.97. The van der Waals surface area contributed by atoms with Crippen molar-refractivity contribution in [1.82, 2.24) is 9.80 Å². The van der Waals surface area contributed by atoms with Crippen LogP contribution in [0.4, 0.5) is 0 Å². The average Bonchev–Trinajstić information content (AvgIpc) is 2.67. The average molecular weight is 377 g/mol. The molecule has 5 nitrogen and oxygen atoms in total. The second-order valence-electron chi connectivity index (χ2n) is 7.97. The third kappa shape index (κ3) is 7.15. The monoisotopic (exact) mass is 376 g/mol. The number of piperidine rings is 1. The Morgan fingerprint density at radius 3 is 2.56 bits per heavy atom. The van der Waals surface area contributed by atoms with Crippen LogP contribution in [-0.4, -0.2) is 62.7 Å². The van der Waals surface area contributed by atoms with Gasteiger partial charge in [0, 0.05) is 32.3 Å². The molecule has 0 unspecified atom stereocenters. The summed E-state index contributed by atoms with van der Waals surface area (Å²) >= 11 is 0. The summed E-state index contributed by atoms with van der Waals surface area (Å²) < 4.78 is 10.6. The predicted octanol–water partition coefficient (Wildman–Crippen LogP) is 3.43. The molecule has 5 heteroatoms. The number of para-hydroxylation sites is 1. The number of hydrogen-bond donors (Lipinski definition) is 0. The van der Waals surface area contributed by atoms with E-state index >= 15 is 0 Å². The number of hydrogen-bond acceptors (Lipinski definition) is 4. The van der Waals surface area contributed by atoms with Crippen LogP contribution in [0.25, 0.3) is 0 Å². The lowest BCUT2D eigenvalue weighted by atomic mass is 9.95. The van der Waals surface area contributed by atoms with Crippen molar-refractivity contribution in [2.45, 2.75) is 39.7 Å². The lowest BCUT2D eigenvalue weighted by Gasteiger charge is -2.35. The van der Waals surface area contributed by atoms with Crippen LogP contribution in [0, 0.1) is 11.8 Å². The Hall–Kier alpha value is -1.59. The van der Waals surface area contributed by atoms with Crippen LogP contribution in [0.5, 0.6) is 5.75 Å². The standard InChI is InChI=1S/C22H36N2O3/c1-18(2)15-24(22(25)11-14-26-3)16-19-9-12-23(13-10-19)17-20-7-5-6-8-21(20)27-4/h5-8,18-19H,9-17H2,1-4H3. The summed E-state index contributed by atoms with van der Waals surface area (Å²) in [5.74, 6) is 2.26.